The van der Waals surface area contributed by atoms with Gasteiger partial charge in [0.1, 0.15) is 0 Å². The lowest BCUT2D eigenvalue weighted by Crippen LogP contribution is -2.46. The largest absolute Gasteiger partial charge is 0.301 e. The zero-order valence-electron chi connectivity index (χ0n) is 11.1. The fourth-order valence-corrected chi connectivity index (χ4v) is 2.60. The summed E-state index contributed by atoms with van der Waals surface area (Å²) in [5, 5.41) is 0. The minimum atomic E-state index is 0.456. The van der Waals surface area contributed by atoms with Gasteiger partial charge in [0.15, 0.2) is 0 Å². The molecule has 0 heterocycles. The Morgan fingerprint density at radius 1 is 1.14 bits per heavy atom. The Morgan fingerprint density at radius 3 is 2.00 bits per heavy atom. The van der Waals surface area contributed by atoms with Gasteiger partial charge in [-0.2, -0.15) is 0 Å². The molecule has 0 aromatic heterocycles. The van der Waals surface area contributed by atoms with Gasteiger partial charge in [0.05, 0.1) is 0 Å². The van der Waals surface area contributed by atoms with E-state index in [0.29, 0.717) is 5.54 Å². The van der Waals surface area contributed by atoms with E-state index in [1.165, 1.54) is 32.2 Å². The lowest BCUT2D eigenvalue weighted by Gasteiger charge is -2.42. The summed E-state index contributed by atoms with van der Waals surface area (Å²) in [6.07, 6.45) is 5.25. The molecule has 0 amide bonds. The molecule has 0 bridgehead atoms. The van der Waals surface area contributed by atoms with Crippen molar-refractivity contribution in [3.8, 4) is 0 Å². The van der Waals surface area contributed by atoms with Crippen LogP contribution in [0.1, 0.15) is 60.3 Å². The highest BCUT2D eigenvalue weighted by molar-refractivity contribution is 4.88. The molecule has 0 aromatic rings. The Balaban J connectivity index is 4.58. The summed E-state index contributed by atoms with van der Waals surface area (Å²) < 4.78 is 0. The summed E-state index contributed by atoms with van der Waals surface area (Å²) in [4.78, 5) is 2.55. The van der Waals surface area contributed by atoms with E-state index in [1.54, 1.807) is 0 Å². The van der Waals surface area contributed by atoms with Crippen molar-refractivity contribution >= 4 is 0 Å². The molecule has 0 aromatic carbocycles. The van der Waals surface area contributed by atoms with E-state index in [0.717, 1.165) is 5.92 Å². The Morgan fingerprint density at radius 2 is 1.71 bits per heavy atom. The molecule has 0 N–H and O–H groups in total. The van der Waals surface area contributed by atoms with E-state index in [9.17, 15) is 0 Å². The summed E-state index contributed by atoms with van der Waals surface area (Å²) in [7, 11) is 2.28. The van der Waals surface area contributed by atoms with Crippen LogP contribution < -0.4 is 0 Å². The normalized spacial score (nSPS) is 16.3. The second kappa shape index (κ2) is 6.44. The van der Waals surface area contributed by atoms with Crippen LogP contribution in [0.25, 0.3) is 0 Å². The van der Waals surface area contributed by atoms with Gasteiger partial charge in [-0.25, -0.2) is 0 Å². The minimum absolute atomic E-state index is 0.456. The van der Waals surface area contributed by atoms with E-state index >= 15 is 0 Å². The molecule has 0 fully saturated rings. The number of rotatable bonds is 7. The van der Waals surface area contributed by atoms with Crippen molar-refractivity contribution in [1.29, 1.82) is 0 Å². The van der Waals surface area contributed by atoms with Gasteiger partial charge in [-0.3, -0.25) is 0 Å². The van der Waals surface area contributed by atoms with Crippen molar-refractivity contribution in [1.82, 2.24) is 4.90 Å². The molecular formula is C13H29N. The van der Waals surface area contributed by atoms with Crippen LogP contribution in [0.4, 0.5) is 0 Å². The molecule has 0 radical (unpaired) electrons. The van der Waals surface area contributed by atoms with Gasteiger partial charge in [-0.1, -0.05) is 41.0 Å². The lowest BCUT2D eigenvalue weighted by atomic mass is 9.81. The molecule has 0 saturated carbocycles. The van der Waals surface area contributed by atoms with Crippen molar-refractivity contribution in [3.63, 3.8) is 0 Å². The maximum Gasteiger partial charge on any atom is 0.0206 e. The third-order valence-electron chi connectivity index (χ3n) is 3.45. The van der Waals surface area contributed by atoms with E-state index in [1.807, 2.05) is 0 Å². The van der Waals surface area contributed by atoms with Crippen LogP contribution in [-0.2, 0) is 0 Å². The lowest BCUT2D eigenvalue weighted by molar-refractivity contribution is 0.0835. The van der Waals surface area contributed by atoms with Crippen molar-refractivity contribution in [3.05, 3.63) is 0 Å². The van der Waals surface area contributed by atoms with E-state index in [-0.39, 0.29) is 0 Å². The fraction of sp³-hybridized carbons (Fsp3) is 1.00. The molecule has 0 rings (SSSR count). The first-order chi connectivity index (χ1) is 6.52. The molecule has 0 aliphatic rings. The van der Waals surface area contributed by atoms with Gasteiger partial charge < -0.3 is 4.90 Å². The standard InChI is InChI=1S/C13H29N/c1-7-10-13(8-2,11-12(4)5)14(6)9-3/h12H,7-11H2,1-6H3. The predicted octanol–water partition coefficient (Wildman–Crippen LogP) is 3.93. The van der Waals surface area contributed by atoms with Gasteiger partial charge in [0.2, 0.25) is 0 Å². The Hall–Kier alpha value is -0.0400. The van der Waals surface area contributed by atoms with Crippen LogP contribution in [0, 0.1) is 5.92 Å². The van der Waals surface area contributed by atoms with Crippen molar-refractivity contribution < 1.29 is 0 Å². The highest BCUT2D eigenvalue weighted by atomic mass is 15.2. The van der Waals surface area contributed by atoms with Gasteiger partial charge in [0, 0.05) is 5.54 Å². The molecular weight excluding hydrogens is 170 g/mol. The Labute approximate surface area is 90.9 Å². The van der Waals surface area contributed by atoms with Gasteiger partial charge in [-0.05, 0) is 38.8 Å². The van der Waals surface area contributed by atoms with Crippen LogP contribution in [0.3, 0.4) is 0 Å². The Kier molecular flexibility index (Phi) is 6.43. The quantitative estimate of drug-likeness (QED) is 0.600. The number of hydrogen-bond donors (Lipinski definition) is 0. The molecule has 1 nitrogen and oxygen atoms in total. The van der Waals surface area contributed by atoms with Crippen molar-refractivity contribution in [2.24, 2.45) is 5.92 Å². The maximum absolute atomic E-state index is 2.55. The summed E-state index contributed by atoms with van der Waals surface area (Å²) >= 11 is 0. The van der Waals surface area contributed by atoms with Crippen molar-refractivity contribution in [2.45, 2.75) is 65.8 Å². The first-order valence-electron chi connectivity index (χ1n) is 6.23. The predicted molar refractivity (Wildman–Crippen MR) is 65.7 cm³/mol. The average Bonchev–Trinajstić information content (AvgIpc) is 2.15. The molecule has 0 aliphatic carbocycles. The summed E-state index contributed by atoms with van der Waals surface area (Å²) in [6.45, 7) is 12.7. The molecule has 14 heavy (non-hydrogen) atoms. The van der Waals surface area contributed by atoms with E-state index in [4.69, 9.17) is 0 Å². The molecule has 1 atom stereocenters. The third kappa shape index (κ3) is 3.61. The smallest absolute Gasteiger partial charge is 0.0206 e. The molecule has 1 heteroatoms. The van der Waals surface area contributed by atoms with Gasteiger partial charge in [-0.15, -0.1) is 0 Å². The van der Waals surface area contributed by atoms with Crippen LogP contribution in [0.2, 0.25) is 0 Å². The first-order valence-corrected chi connectivity index (χ1v) is 6.23. The van der Waals surface area contributed by atoms with Crippen LogP contribution in [-0.4, -0.2) is 24.0 Å². The topological polar surface area (TPSA) is 3.24 Å². The molecule has 86 valence electrons. The monoisotopic (exact) mass is 199 g/mol. The fourth-order valence-electron chi connectivity index (χ4n) is 2.60. The average molecular weight is 199 g/mol. The SMILES string of the molecule is CCCC(CC)(CC(C)C)N(C)CC. The molecule has 0 saturated heterocycles. The maximum atomic E-state index is 2.55. The Bertz CT molecular complexity index is 142. The second-order valence-electron chi connectivity index (χ2n) is 4.94. The van der Waals surface area contributed by atoms with E-state index < -0.39 is 0 Å². The van der Waals surface area contributed by atoms with E-state index in [2.05, 4.69) is 46.6 Å². The van der Waals surface area contributed by atoms with Crippen LogP contribution >= 0.6 is 0 Å². The summed E-state index contributed by atoms with van der Waals surface area (Å²) in [5.41, 5.74) is 0.456. The zero-order valence-corrected chi connectivity index (χ0v) is 11.1. The summed E-state index contributed by atoms with van der Waals surface area (Å²) in [6, 6.07) is 0. The first kappa shape index (κ1) is 14.0. The number of nitrogens with zero attached hydrogens (tertiary/aromatic N) is 1. The van der Waals surface area contributed by atoms with Gasteiger partial charge in [0.25, 0.3) is 0 Å². The minimum Gasteiger partial charge on any atom is -0.301 e. The highest BCUT2D eigenvalue weighted by Gasteiger charge is 2.31. The molecule has 0 aliphatic heterocycles. The zero-order chi connectivity index (χ0) is 11.2. The van der Waals surface area contributed by atoms with Crippen LogP contribution in [0.5, 0.6) is 0 Å². The molecule has 1 unspecified atom stereocenters. The second-order valence-corrected chi connectivity index (χ2v) is 4.94. The highest BCUT2D eigenvalue weighted by Crippen LogP contribution is 2.31. The third-order valence-corrected chi connectivity index (χ3v) is 3.45. The van der Waals surface area contributed by atoms with Crippen molar-refractivity contribution in [2.75, 3.05) is 13.6 Å². The van der Waals surface area contributed by atoms with Crippen LogP contribution in [0.15, 0.2) is 0 Å². The summed E-state index contributed by atoms with van der Waals surface area (Å²) in [5.74, 6) is 0.801. The molecule has 0 spiro atoms. The van der Waals surface area contributed by atoms with Gasteiger partial charge >= 0.3 is 0 Å². The number of hydrogen-bond acceptors (Lipinski definition) is 1.